The summed E-state index contributed by atoms with van der Waals surface area (Å²) in [4.78, 5) is 44.8. The molecule has 1 aromatic carbocycles. The van der Waals surface area contributed by atoms with E-state index in [-0.39, 0.29) is 59.5 Å². The fraction of sp³-hybridized carbons (Fsp3) is 0.385. The van der Waals surface area contributed by atoms with Crippen LogP contribution >= 0.6 is 11.3 Å². The van der Waals surface area contributed by atoms with Crippen LogP contribution in [-0.2, 0) is 14.6 Å². The maximum atomic E-state index is 13.2. The quantitative estimate of drug-likeness (QED) is 0.347. The highest BCUT2D eigenvalue weighted by molar-refractivity contribution is 7.91. The molecule has 5 rings (SSSR count). The minimum absolute atomic E-state index is 0.0505. The molecule has 3 N–H and O–H groups in total. The van der Waals surface area contributed by atoms with Gasteiger partial charge in [0, 0.05) is 36.2 Å². The van der Waals surface area contributed by atoms with Gasteiger partial charge >= 0.3 is 0 Å². The Balaban J connectivity index is 1.47. The minimum Gasteiger partial charge on any atom is -0.494 e. The normalized spacial score (nSPS) is 17.5. The van der Waals surface area contributed by atoms with Gasteiger partial charge in [-0.2, -0.15) is 0 Å². The van der Waals surface area contributed by atoms with Crippen LogP contribution in [0.3, 0.4) is 0 Å². The van der Waals surface area contributed by atoms with Crippen molar-refractivity contribution in [1.29, 1.82) is 0 Å². The van der Waals surface area contributed by atoms with Gasteiger partial charge in [0.15, 0.2) is 27.1 Å². The van der Waals surface area contributed by atoms with Gasteiger partial charge in [-0.25, -0.2) is 13.4 Å². The number of anilines is 3. The number of hydrogen-bond donors (Lipinski definition) is 3. The molecule has 2 aliphatic rings. The Hall–Kier alpha value is -4.11. The Bertz CT molecular complexity index is 1730. The molecule has 1 saturated carbocycles. The summed E-state index contributed by atoms with van der Waals surface area (Å²) in [6.45, 7) is -0.875. The van der Waals surface area contributed by atoms with Crippen LogP contribution in [0, 0.1) is 12.8 Å². The van der Waals surface area contributed by atoms with Gasteiger partial charge in [0.1, 0.15) is 9.88 Å². The number of hydrogen-bond acceptors (Lipinski definition) is 11. The summed E-state index contributed by atoms with van der Waals surface area (Å²) >= 11 is 1.14. The number of sulfone groups is 1. The Morgan fingerprint density at radius 2 is 1.90 bits per heavy atom. The first-order chi connectivity index (χ1) is 20.7. The molecule has 0 unspecified atom stereocenters. The third-order valence-electron chi connectivity index (χ3n) is 6.66. The Morgan fingerprint density at radius 3 is 2.59 bits per heavy atom. The van der Waals surface area contributed by atoms with Crippen LogP contribution in [0.4, 0.5) is 17.2 Å². The SMILES string of the molecule is [2H]C([2H])([2H])NC(=O)c1nnc(NC(=O)C2CC2)cc1Nc1cccc(-c2nc(C)c(C(=O)N3CCS(=O)(=O)CC3)s2)c1OC. The molecule has 0 atom stereocenters. The van der Waals surface area contributed by atoms with Crippen LogP contribution < -0.4 is 20.7 Å². The topological polar surface area (TPSA) is 173 Å². The van der Waals surface area contributed by atoms with E-state index in [4.69, 9.17) is 8.85 Å². The number of benzene rings is 1. The van der Waals surface area contributed by atoms with Crippen molar-refractivity contribution in [3.8, 4) is 16.3 Å². The zero-order valence-corrected chi connectivity index (χ0v) is 23.8. The zero-order valence-electron chi connectivity index (χ0n) is 25.2. The van der Waals surface area contributed by atoms with Crippen molar-refractivity contribution < 1.29 is 31.7 Å². The Labute approximate surface area is 244 Å². The third-order valence-corrected chi connectivity index (χ3v) is 9.45. The van der Waals surface area contributed by atoms with Crippen molar-refractivity contribution in [3.05, 3.63) is 40.5 Å². The third kappa shape index (κ3) is 6.15. The van der Waals surface area contributed by atoms with Gasteiger partial charge in [0.2, 0.25) is 5.91 Å². The van der Waals surface area contributed by atoms with Gasteiger partial charge < -0.3 is 25.6 Å². The molecule has 13 nitrogen and oxygen atoms in total. The predicted octanol–water partition coefficient (Wildman–Crippen LogP) is 2.24. The first-order valence-electron chi connectivity index (χ1n) is 14.2. The van der Waals surface area contributed by atoms with E-state index in [9.17, 15) is 22.8 Å². The van der Waals surface area contributed by atoms with Gasteiger partial charge in [0.05, 0.1) is 41.2 Å². The highest BCUT2D eigenvalue weighted by atomic mass is 32.2. The van der Waals surface area contributed by atoms with Crippen LogP contribution in [0.2, 0.25) is 0 Å². The number of amides is 3. The van der Waals surface area contributed by atoms with E-state index >= 15 is 0 Å². The lowest BCUT2D eigenvalue weighted by Gasteiger charge is -2.26. The fourth-order valence-electron chi connectivity index (χ4n) is 4.29. The lowest BCUT2D eigenvalue weighted by Crippen LogP contribution is -2.43. The second kappa shape index (κ2) is 11.4. The van der Waals surface area contributed by atoms with Crippen LogP contribution in [-0.4, -0.2) is 84.9 Å². The summed E-state index contributed by atoms with van der Waals surface area (Å²) in [5, 5.41) is 15.8. The molecule has 1 aliphatic heterocycles. The number of nitrogens with zero attached hydrogens (tertiary/aromatic N) is 4. The number of thiazole rings is 1. The van der Waals surface area contributed by atoms with E-state index in [1.165, 1.54) is 18.1 Å². The molecule has 1 saturated heterocycles. The molecular weight excluding hydrogens is 570 g/mol. The van der Waals surface area contributed by atoms with Crippen molar-refractivity contribution >= 4 is 56.1 Å². The lowest BCUT2D eigenvalue weighted by molar-refractivity contribution is -0.117. The number of methoxy groups -OCH3 is 1. The standard InChI is InChI=1S/C26H29N7O6S2/c1-14-22(26(36)33-9-11-41(37,38)12-10-33)40-25(28-14)16-5-4-6-17(21(16)39-3)29-18-13-19(30-23(34)15-7-8-15)31-32-20(18)24(35)27-2/h4-6,13,15H,7-12H2,1-3H3,(H,27,35)(H2,29,30,31,34)/i2D3. The highest BCUT2D eigenvalue weighted by Crippen LogP contribution is 2.41. The van der Waals surface area contributed by atoms with Gasteiger partial charge in [-0.1, -0.05) is 6.07 Å². The molecule has 3 heterocycles. The van der Waals surface area contributed by atoms with Crippen LogP contribution in [0.25, 0.3) is 10.6 Å². The van der Waals surface area contributed by atoms with Crippen molar-refractivity contribution in [2.24, 2.45) is 5.92 Å². The maximum absolute atomic E-state index is 13.2. The number of aromatic nitrogens is 3. The van der Waals surface area contributed by atoms with Crippen LogP contribution in [0.5, 0.6) is 5.75 Å². The van der Waals surface area contributed by atoms with Crippen molar-refractivity contribution in [3.63, 3.8) is 0 Å². The van der Waals surface area contributed by atoms with Gasteiger partial charge in [-0.3, -0.25) is 14.4 Å². The monoisotopic (exact) mass is 602 g/mol. The predicted molar refractivity (Wildman–Crippen MR) is 153 cm³/mol. The molecule has 3 amide bonds. The first kappa shape index (κ1) is 24.7. The molecule has 0 bridgehead atoms. The number of nitrogens with one attached hydrogen (secondary N) is 3. The molecule has 41 heavy (non-hydrogen) atoms. The number of ether oxygens (including phenoxy) is 1. The highest BCUT2D eigenvalue weighted by Gasteiger charge is 2.31. The molecule has 2 fully saturated rings. The summed E-state index contributed by atoms with van der Waals surface area (Å²) in [5.41, 5.74) is 1.06. The molecule has 0 spiro atoms. The number of para-hydroxylation sites is 1. The van der Waals surface area contributed by atoms with E-state index in [0.717, 1.165) is 24.2 Å². The molecule has 15 heteroatoms. The van der Waals surface area contributed by atoms with Crippen molar-refractivity contribution in [2.75, 3.05) is 49.3 Å². The average Bonchev–Trinajstić information content (AvgIpc) is 3.73. The Kier molecular flexibility index (Phi) is 6.86. The minimum atomic E-state index is -3.16. The Morgan fingerprint density at radius 1 is 1.15 bits per heavy atom. The van der Waals surface area contributed by atoms with Gasteiger partial charge in [-0.05, 0) is 31.9 Å². The molecule has 1 aliphatic carbocycles. The second-order valence-electron chi connectivity index (χ2n) is 9.60. The summed E-state index contributed by atoms with van der Waals surface area (Å²) in [7, 11) is -1.73. The second-order valence-corrected chi connectivity index (χ2v) is 12.9. The summed E-state index contributed by atoms with van der Waals surface area (Å²) < 4.78 is 51.6. The smallest absolute Gasteiger partial charge is 0.273 e. The fourth-order valence-corrected chi connectivity index (χ4v) is 6.54. The summed E-state index contributed by atoms with van der Waals surface area (Å²) in [6.07, 6.45) is 1.52. The van der Waals surface area contributed by atoms with E-state index in [1.54, 1.807) is 25.1 Å². The van der Waals surface area contributed by atoms with Crippen molar-refractivity contribution in [2.45, 2.75) is 19.8 Å². The maximum Gasteiger partial charge on any atom is 0.273 e. The molecule has 3 aromatic rings. The molecular formula is C26H29N7O6S2. The molecule has 0 radical (unpaired) electrons. The van der Waals surface area contributed by atoms with Gasteiger partial charge in [0.25, 0.3) is 11.8 Å². The lowest BCUT2D eigenvalue weighted by atomic mass is 10.1. The zero-order chi connectivity index (χ0) is 31.8. The van der Waals surface area contributed by atoms with E-state index in [2.05, 4.69) is 25.8 Å². The van der Waals surface area contributed by atoms with Gasteiger partial charge in [-0.15, -0.1) is 21.5 Å². The van der Waals surface area contributed by atoms with E-state index < -0.39 is 22.7 Å². The van der Waals surface area contributed by atoms with E-state index in [0.29, 0.717) is 32.6 Å². The largest absolute Gasteiger partial charge is 0.494 e. The summed E-state index contributed by atoms with van der Waals surface area (Å²) in [5.74, 6) is -1.49. The molecule has 216 valence electrons. The van der Waals surface area contributed by atoms with E-state index in [1.807, 2.05) is 5.32 Å². The number of rotatable bonds is 8. The number of aryl methyl sites for hydroxylation is 1. The average molecular weight is 603 g/mol. The van der Waals surface area contributed by atoms with Crippen LogP contribution in [0.15, 0.2) is 24.3 Å². The summed E-state index contributed by atoms with van der Waals surface area (Å²) in [6, 6.07) is 6.45. The first-order valence-corrected chi connectivity index (χ1v) is 15.3. The number of carbonyl (C=O) groups is 3. The number of carbonyl (C=O) groups excluding carboxylic acids is 3. The van der Waals surface area contributed by atoms with Crippen LogP contribution in [0.1, 0.15) is 42.8 Å². The van der Waals surface area contributed by atoms with Crippen molar-refractivity contribution in [1.82, 2.24) is 25.4 Å². The molecule has 2 aromatic heterocycles.